The fraction of sp³-hybridized carbons (Fsp3) is 0.400. The number of aromatic nitrogens is 1. The summed E-state index contributed by atoms with van der Waals surface area (Å²) in [6.45, 7) is 6.49. The van der Waals surface area contributed by atoms with Gasteiger partial charge in [0.1, 0.15) is 0 Å². The van der Waals surface area contributed by atoms with Crippen molar-refractivity contribution in [3.05, 3.63) is 41.6 Å². The summed E-state index contributed by atoms with van der Waals surface area (Å²) in [4.78, 5) is 4.52. The van der Waals surface area contributed by atoms with Crippen LogP contribution in [0.15, 0.2) is 30.3 Å². The summed E-state index contributed by atoms with van der Waals surface area (Å²) in [5.74, 6) is 0.494. The maximum Gasteiger partial charge on any atom is 0.0705 e. The number of hydrogen-bond donors (Lipinski definition) is 1. The molecule has 1 aromatic carbocycles. The molecule has 1 heterocycles. The van der Waals surface area contributed by atoms with Gasteiger partial charge in [-0.2, -0.15) is 0 Å². The highest BCUT2D eigenvalue weighted by Crippen LogP contribution is 2.57. The van der Waals surface area contributed by atoms with E-state index in [2.05, 4.69) is 49.2 Å². The van der Waals surface area contributed by atoms with Crippen LogP contribution in [-0.2, 0) is 0 Å². The quantitative estimate of drug-likeness (QED) is 0.812. The van der Waals surface area contributed by atoms with Crippen molar-refractivity contribution in [3.63, 3.8) is 0 Å². The van der Waals surface area contributed by atoms with Gasteiger partial charge in [-0.25, -0.2) is 0 Å². The molecule has 2 heteroatoms. The summed E-state index contributed by atoms with van der Waals surface area (Å²) in [7, 11) is 0. The zero-order valence-corrected chi connectivity index (χ0v) is 10.6. The maximum atomic E-state index is 6.13. The molecule has 2 atom stereocenters. The minimum Gasteiger partial charge on any atom is -0.327 e. The van der Waals surface area contributed by atoms with E-state index in [9.17, 15) is 0 Å². The van der Waals surface area contributed by atoms with Gasteiger partial charge in [-0.05, 0) is 36.1 Å². The van der Waals surface area contributed by atoms with E-state index in [1.165, 1.54) is 10.9 Å². The first-order chi connectivity index (χ1) is 8.00. The van der Waals surface area contributed by atoms with Crippen LogP contribution in [0.25, 0.3) is 10.9 Å². The molecule has 1 aliphatic rings. The van der Waals surface area contributed by atoms with E-state index in [1.807, 2.05) is 6.92 Å². The highest BCUT2D eigenvalue weighted by Gasteiger charge is 2.56. The predicted octanol–water partition coefficient (Wildman–Crippen LogP) is 2.99. The van der Waals surface area contributed by atoms with Crippen molar-refractivity contribution < 1.29 is 0 Å². The number of rotatable bonds is 1. The third-order valence-electron chi connectivity index (χ3n) is 4.12. The lowest BCUT2D eigenvalue weighted by atomic mass is 10.0. The fourth-order valence-corrected chi connectivity index (χ4v) is 2.75. The summed E-state index contributed by atoms with van der Waals surface area (Å²) in [5, 5.41) is 1.21. The first-order valence-electron chi connectivity index (χ1n) is 6.13. The average molecular weight is 226 g/mol. The van der Waals surface area contributed by atoms with Crippen molar-refractivity contribution in [2.24, 2.45) is 11.1 Å². The summed E-state index contributed by atoms with van der Waals surface area (Å²) >= 11 is 0. The normalized spacial score (nSPS) is 26.1. The van der Waals surface area contributed by atoms with Gasteiger partial charge in [0, 0.05) is 23.0 Å². The highest BCUT2D eigenvalue weighted by molar-refractivity contribution is 5.79. The summed E-state index contributed by atoms with van der Waals surface area (Å²) < 4.78 is 0. The number of pyridine rings is 1. The molecule has 0 aliphatic heterocycles. The van der Waals surface area contributed by atoms with Crippen molar-refractivity contribution in [1.82, 2.24) is 4.98 Å². The minimum atomic E-state index is 0.242. The molecule has 0 bridgehead atoms. The summed E-state index contributed by atoms with van der Waals surface area (Å²) in [6, 6.07) is 11.0. The first-order valence-corrected chi connectivity index (χ1v) is 6.13. The van der Waals surface area contributed by atoms with Gasteiger partial charge in [-0.3, -0.25) is 4.98 Å². The Kier molecular flexibility index (Phi) is 2.08. The molecule has 0 amide bonds. The van der Waals surface area contributed by atoms with Crippen molar-refractivity contribution in [1.29, 1.82) is 0 Å². The van der Waals surface area contributed by atoms with Gasteiger partial charge in [0.25, 0.3) is 0 Å². The van der Waals surface area contributed by atoms with Crippen LogP contribution in [0.5, 0.6) is 0 Å². The van der Waals surface area contributed by atoms with Gasteiger partial charge < -0.3 is 5.73 Å². The predicted molar refractivity (Wildman–Crippen MR) is 71.0 cm³/mol. The van der Waals surface area contributed by atoms with Gasteiger partial charge in [-0.15, -0.1) is 0 Å². The molecule has 2 nitrogen and oxygen atoms in total. The number of hydrogen-bond acceptors (Lipinski definition) is 2. The lowest BCUT2D eigenvalue weighted by Crippen LogP contribution is -2.06. The second kappa shape index (κ2) is 3.30. The van der Waals surface area contributed by atoms with Gasteiger partial charge >= 0.3 is 0 Å². The second-order valence-electron chi connectivity index (χ2n) is 5.73. The SMILES string of the molecule is Cc1ccc2cc([C@@H]3[C@@H](N)C3(C)C)ccc2n1. The smallest absolute Gasteiger partial charge is 0.0705 e. The first kappa shape index (κ1) is 10.7. The van der Waals surface area contributed by atoms with Crippen LogP contribution in [-0.4, -0.2) is 11.0 Å². The van der Waals surface area contributed by atoms with Gasteiger partial charge in [0.2, 0.25) is 0 Å². The molecule has 17 heavy (non-hydrogen) atoms. The largest absolute Gasteiger partial charge is 0.327 e. The van der Waals surface area contributed by atoms with Crippen LogP contribution in [0, 0.1) is 12.3 Å². The minimum absolute atomic E-state index is 0.242. The van der Waals surface area contributed by atoms with E-state index in [1.54, 1.807) is 0 Å². The van der Waals surface area contributed by atoms with Crippen LogP contribution in [0.1, 0.15) is 31.0 Å². The number of aryl methyl sites for hydroxylation is 1. The zero-order valence-electron chi connectivity index (χ0n) is 10.6. The Morgan fingerprint density at radius 3 is 2.53 bits per heavy atom. The Morgan fingerprint density at radius 2 is 1.88 bits per heavy atom. The molecule has 2 aromatic rings. The molecule has 0 spiro atoms. The average Bonchev–Trinajstić information content (AvgIpc) is 2.78. The molecule has 0 saturated heterocycles. The Hall–Kier alpha value is -1.41. The lowest BCUT2D eigenvalue weighted by Gasteiger charge is -2.05. The summed E-state index contributed by atoms with van der Waals surface area (Å²) in [5.41, 5.74) is 9.85. The summed E-state index contributed by atoms with van der Waals surface area (Å²) in [6.07, 6.45) is 0. The van der Waals surface area contributed by atoms with E-state index in [-0.39, 0.29) is 5.41 Å². The molecule has 1 aromatic heterocycles. The number of nitrogens with two attached hydrogens (primary N) is 1. The van der Waals surface area contributed by atoms with Crippen molar-refractivity contribution in [2.75, 3.05) is 0 Å². The highest BCUT2D eigenvalue weighted by atomic mass is 14.8. The monoisotopic (exact) mass is 226 g/mol. The third-order valence-corrected chi connectivity index (χ3v) is 4.12. The molecular formula is C15H18N2. The molecule has 0 radical (unpaired) electrons. The molecule has 88 valence electrons. The van der Waals surface area contributed by atoms with Crippen molar-refractivity contribution >= 4 is 10.9 Å². The third kappa shape index (κ3) is 1.55. The Labute approximate surface area is 102 Å². The van der Waals surface area contributed by atoms with Crippen molar-refractivity contribution in [2.45, 2.75) is 32.7 Å². The topological polar surface area (TPSA) is 38.9 Å². The molecule has 1 aliphatic carbocycles. The van der Waals surface area contributed by atoms with E-state index in [0.717, 1.165) is 11.2 Å². The van der Waals surface area contributed by atoms with Crippen LogP contribution in [0.3, 0.4) is 0 Å². The molecular weight excluding hydrogens is 208 g/mol. The fourth-order valence-electron chi connectivity index (χ4n) is 2.75. The van der Waals surface area contributed by atoms with E-state index in [0.29, 0.717) is 12.0 Å². The molecule has 1 fully saturated rings. The van der Waals surface area contributed by atoms with Crippen LogP contribution >= 0.6 is 0 Å². The van der Waals surface area contributed by atoms with Crippen LogP contribution in [0.4, 0.5) is 0 Å². The van der Waals surface area contributed by atoms with E-state index in [4.69, 9.17) is 5.73 Å². The number of fused-ring (bicyclic) bond motifs is 1. The van der Waals surface area contributed by atoms with Crippen LogP contribution in [0.2, 0.25) is 0 Å². The Morgan fingerprint density at radius 1 is 1.18 bits per heavy atom. The Balaban J connectivity index is 2.07. The zero-order chi connectivity index (χ0) is 12.2. The molecule has 2 N–H and O–H groups in total. The van der Waals surface area contributed by atoms with Crippen LogP contribution < -0.4 is 5.73 Å². The van der Waals surface area contributed by atoms with Gasteiger partial charge in [-0.1, -0.05) is 26.0 Å². The lowest BCUT2D eigenvalue weighted by molar-refractivity contribution is 0.599. The standard InChI is InChI=1S/C15H18N2/c1-9-4-5-10-8-11(6-7-12(10)17-9)13-14(16)15(13,2)3/h4-8,13-14H,16H2,1-3H3/t13-,14-/m1/s1. The van der Waals surface area contributed by atoms with E-state index < -0.39 is 0 Å². The van der Waals surface area contributed by atoms with Crippen molar-refractivity contribution in [3.8, 4) is 0 Å². The Bertz CT molecular complexity index is 586. The van der Waals surface area contributed by atoms with Gasteiger partial charge in [0.15, 0.2) is 0 Å². The van der Waals surface area contributed by atoms with Gasteiger partial charge in [0.05, 0.1) is 5.52 Å². The second-order valence-corrected chi connectivity index (χ2v) is 5.73. The number of nitrogens with zero attached hydrogens (tertiary/aromatic N) is 1. The molecule has 3 rings (SSSR count). The molecule has 1 saturated carbocycles. The number of benzene rings is 1. The van der Waals surface area contributed by atoms with E-state index >= 15 is 0 Å². The molecule has 0 unspecified atom stereocenters. The maximum absolute atomic E-state index is 6.13.